The highest BCUT2D eigenvalue weighted by Crippen LogP contribution is 2.28. The fourth-order valence-electron chi connectivity index (χ4n) is 2.99. The molecular weight excluding hydrogens is 384 g/mol. The van der Waals surface area contributed by atoms with Gasteiger partial charge < -0.3 is 9.64 Å². The molecule has 0 atom stereocenters. The molecule has 2 heterocycles. The minimum absolute atomic E-state index is 0.0714. The third-order valence-electron chi connectivity index (χ3n) is 4.28. The lowest BCUT2D eigenvalue weighted by Crippen LogP contribution is -2.28. The van der Waals surface area contributed by atoms with Crippen LogP contribution in [0.25, 0.3) is 5.57 Å². The smallest absolute Gasteiger partial charge is 0.255 e. The van der Waals surface area contributed by atoms with E-state index in [1.807, 2.05) is 47.5 Å². The maximum atomic E-state index is 12.1. The lowest BCUT2D eigenvalue weighted by Gasteiger charge is -2.24. The molecule has 0 aliphatic carbocycles. The summed E-state index contributed by atoms with van der Waals surface area (Å²) >= 11 is 5.88. The number of fused-ring (bicyclic) bond motifs is 1. The molecule has 138 valence electrons. The number of hydrogen-bond acceptors (Lipinski definition) is 4. The molecule has 7 heteroatoms. The molecule has 27 heavy (non-hydrogen) atoms. The van der Waals surface area contributed by atoms with Crippen LogP contribution in [0.2, 0.25) is 5.02 Å². The summed E-state index contributed by atoms with van der Waals surface area (Å²) in [6.07, 6.45) is 6.21. The van der Waals surface area contributed by atoms with Gasteiger partial charge in [-0.1, -0.05) is 23.7 Å². The van der Waals surface area contributed by atoms with E-state index in [9.17, 15) is 8.42 Å². The molecule has 0 fully saturated rings. The molecule has 0 saturated heterocycles. The molecule has 0 spiro atoms. The number of benzene rings is 2. The van der Waals surface area contributed by atoms with E-state index in [1.165, 1.54) is 0 Å². The average Bonchev–Trinajstić information content (AvgIpc) is 2.81. The first kappa shape index (κ1) is 17.8. The zero-order valence-corrected chi connectivity index (χ0v) is 15.9. The van der Waals surface area contributed by atoms with Crippen molar-refractivity contribution in [1.29, 1.82) is 0 Å². The van der Waals surface area contributed by atoms with E-state index in [0.29, 0.717) is 35.3 Å². The maximum absolute atomic E-state index is 12.1. The second-order valence-corrected chi connectivity index (χ2v) is 8.44. The summed E-state index contributed by atoms with van der Waals surface area (Å²) in [4.78, 5) is 1.89. The SMILES string of the molecule is O=S1(=O)CCCN2C=CC=C(c3ccc(Oc4ccc(Cl)cc4)cc3)C2=N1. The number of hydrogen-bond donors (Lipinski definition) is 0. The van der Waals surface area contributed by atoms with Crippen molar-refractivity contribution in [1.82, 2.24) is 4.90 Å². The Bertz CT molecular complexity index is 1040. The summed E-state index contributed by atoms with van der Waals surface area (Å²) in [5.41, 5.74) is 1.66. The van der Waals surface area contributed by atoms with Gasteiger partial charge >= 0.3 is 0 Å². The third-order valence-corrected chi connectivity index (χ3v) is 5.79. The Kier molecular flexibility index (Phi) is 4.76. The van der Waals surface area contributed by atoms with Crippen LogP contribution in [0, 0.1) is 0 Å². The van der Waals surface area contributed by atoms with Crippen molar-refractivity contribution in [3.63, 3.8) is 0 Å². The number of rotatable bonds is 3. The number of amidine groups is 1. The predicted octanol–water partition coefficient (Wildman–Crippen LogP) is 4.48. The molecule has 0 radical (unpaired) electrons. The summed E-state index contributed by atoms with van der Waals surface area (Å²) in [6.45, 7) is 0.629. The summed E-state index contributed by atoms with van der Waals surface area (Å²) in [6, 6.07) is 14.6. The van der Waals surface area contributed by atoms with Gasteiger partial charge in [-0.25, -0.2) is 8.42 Å². The minimum Gasteiger partial charge on any atom is -0.457 e. The van der Waals surface area contributed by atoms with Gasteiger partial charge in [-0.15, -0.1) is 4.40 Å². The summed E-state index contributed by atoms with van der Waals surface area (Å²) in [5, 5.41) is 0.652. The van der Waals surface area contributed by atoms with Gasteiger partial charge in [-0.3, -0.25) is 0 Å². The number of halogens is 1. The van der Waals surface area contributed by atoms with Crippen molar-refractivity contribution in [3.8, 4) is 11.5 Å². The fraction of sp³-hybridized carbons (Fsp3) is 0.150. The quantitative estimate of drug-likeness (QED) is 0.762. The molecule has 0 aromatic heterocycles. The standard InChI is InChI=1S/C20H17ClN2O3S/c21-16-6-10-18(11-7-16)26-17-8-4-15(5-9-17)19-3-1-12-23-13-2-14-27(24,25)22-20(19)23/h1,3-12H,2,13-14H2. The van der Waals surface area contributed by atoms with Gasteiger partial charge in [-0.05, 0) is 60.5 Å². The predicted molar refractivity (Wildman–Crippen MR) is 108 cm³/mol. The van der Waals surface area contributed by atoms with Crippen LogP contribution in [0.4, 0.5) is 0 Å². The lowest BCUT2D eigenvalue weighted by molar-refractivity contribution is 0.482. The van der Waals surface area contributed by atoms with Crippen molar-refractivity contribution in [2.75, 3.05) is 12.3 Å². The largest absolute Gasteiger partial charge is 0.457 e. The lowest BCUT2D eigenvalue weighted by atomic mass is 10.0. The van der Waals surface area contributed by atoms with E-state index in [2.05, 4.69) is 4.40 Å². The molecule has 2 aliphatic heterocycles. The molecule has 4 rings (SSSR count). The normalized spacial score (nSPS) is 18.2. The summed E-state index contributed by atoms with van der Waals surface area (Å²) < 4.78 is 34.0. The summed E-state index contributed by atoms with van der Waals surface area (Å²) in [7, 11) is -3.45. The Balaban J connectivity index is 1.61. The Morgan fingerprint density at radius 1 is 1.00 bits per heavy atom. The first-order valence-corrected chi connectivity index (χ1v) is 10.5. The summed E-state index contributed by atoms with van der Waals surface area (Å²) in [5.74, 6) is 1.92. The van der Waals surface area contributed by atoms with Crippen LogP contribution in [0.15, 0.2) is 71.3 Å². The number of nitrogens with zero attached hydrogens (tertiary/aromatic N) is 2. The Morgan fingerprint density at radius 3 is 2.37 bits per heavy atom. The Morgan fingerprint density at radius 2 is 1.67 bits per heavy atom. The number of sulfonamides is 1. The van der Waals surface area contributed by atoms with E-state index < -0.39 is 10.0 Å². The van der Waals surface area contributed by atoms with Crippen molar-refractivity contribution in [3.05, 3.63) is 77.5 Å². The zero-order chi connectivity index (χ0) is 18.9. The fourth-order valence-corrected chi connectivity index (χ4v) is 4.16. The molecule has 0 N–H and O–H groups in total. The molecule has 0 amide bonds. The van der Waals surface area contributed by atoms with Gasteiger partial charge in [0.25, 0.3) is 10.0 Å². The highest BCUT2D eigenvalue weighted by atomic mass is 35.5. The molecule has 2 aromatic rings. The van der Waals surface area contributed by atoms with Gasteiger partial charge in [-0.2, -0.15) is 0 Å². The molecule has 2 aromatic carbocycles. The van der Waals surface area contributed by atoms with Gasteiger partial charge in [0.15, 0.2) is 5.84 Å². The van der Waals surface area contributed by atoms with E-state index >= 15 is 0 Å². The minimum atomic E-state index is -3.45. The van der Waals surface area contributed by atoms with Gasteiger partial charge in [0, 0.05) is 23.3 Å². The first-order valence-electron chi connectivity index (χ1n) is 8.52. The van der Waals surface area contributed by atoms with Crippen LogP contribution in [-0.2, 0) is 10.0 Å². The monoisotopic (exact) mass is 400 g/mol. The number of ether oxygens (including phenoxy) is 1. The van der Waals surface area contributed by atoms with Crippen LogP contribution in [0.1, 0.15) is 12.0 Å². The highest BCUT2D eigenvalue weighted by molar-refractivity contribution is 7.90. The molecule has 2 aliphatic rings. The van der Waals surface area contributed by atoms with Crippen molar-refractivity contribution in [2.45, 2.75) is 6.42 Å². The number of allylic oxidation sites excluding steroid dienone is 2. The van der Waals surface area contributed by atoms with Crippen LogP contribution < -0.4 is 4.74 Å². The molecule has 0 saturated carbocycles. The highest BCUT2D eigenvalue weighted by Gasteiger charge is 2.25. The second kappa shape index (κ2) is 7.21. The second-order valence-electron chi connectivity index (χ2n) is 6.25. The zero-order valence-electron chi connectivity index (χ0n) is 14.4. The topological polar surface area (TPSA) is 59.0 Å². The van der Waals surface area contributed by atoms with E-state index in [4.69, 9.17) is 16.3 Å². The van der Waals surface area contributed by atoms with E-state index in [1.54, 1.807) is 24.3 Å². The Hall–Kier alpha value is -2.57. The van der Waals surface area contributed by atoms with Crippen LogP contribution in [0.3, 0.4) is 0 Å². The van der Waals surface area contributed by atoms with Crippen LogP contribution >= 0.6 is 11.6 Å². The van der Waals surface area contributed by atoms with Crippen molar-refractivity contribution < 1.29 is 13.2 Å². The van der Waals surface area contributed by atoms with Gasteiger partial charge in [0.1, 0.15) is 11.5 Å². The first-order chi connectivity index (χ1) is 13.0. The third kappa shape index (κ3) is 4.07. The Labute approximate surface area is 163 Å². The maximum Gasteiger partial charge on any atom is 0.255 e. The van der Waals surface area contributed by atoms with Crippen LogP contribution in [0.5, 0.6) is 11.5 Å². The van der Waals surface area contributed by atoms with E-state index in [-0.39, 0.29) is 5.75 Å². The molecule has 0 unspecified atom stereocenters. The molecule has 0 bridgehead atoms. The van der Waals surface area contributed by atoms with Crippen LogP contribution in [-0.4, -0.2) is 31.5 Å². The molecular formula is C20H17ClN2O3S. The average molecular weight is 401 g/mol. The molecule has 5 nitrogen and oxygen atoms in total. The van der Waals surface area contributed by atoms with Crippen molar-refractivity contribution >= 4 is 33.0 Å². The van der Waals surface area contributed by atoms with E-state index in [0.717, 1.165) is 11.1 Å². The van der Waals surface area contributed by atoms with Gasteiger partial charge in [0.05, 0.1) is 5.75 Å². The van der Waals surface area contributed by atoms with Gasteiger partial charge in [0.2, 0.25) is 0 Å². The van der Waals surface area contributed by atoms with Crippen molar-refractivity contribution in [2.24, 2.45) is 4.40 Å².